The van der Waals surface area contributed by atoms with Crippen LogP contribution in [0.4, 0.5) is 5.00 Å². The Labute approximate surface area is 117 Å². The highest BCUT2D eigenvalue weighted by Crippen LogP contribution is 2.37. The van der Waals surface area contributed by atoms with Gasteiger partial charge in [0.05, 0.1) is 19.2 Å². The Morgan fingerprint density at radius 3 is 2.37 bits per heavy atom. The zero-order valence-corrected chi connectivity index (χ0v) is 12.4. The van der Waals surface area contributed by atoms with E-state index in [1.165, 1.54) is 11.3 Å². The fourth-order valence-electron chi connectivity index (χ4n) is 1.79. The highest BCUT2D eigenvalue weighted by atomic mass is 32.1. The van der Waals surface area contributed by atoms with Gasteiger partial charge in [-0.15, -0.1) is 11.3 Å². The normalized spacial score (nSPS) is 10.8. The average Bonchev–Trinajstić information content (AvgIpc) is 2.80. The Morgan fingerprint density at radius 2 is 1.84 bits per heavy atom. The number of nitrogens with zero attached hydrogens (tertiary/aromatic N) is 1. The summed E-state index contributed by atoms with van der Waals surface area (Å²) >= 11 is 1.54. The molecule has 0 spiro atoms. The molecular formula is C14H18N2O2S. The van der Waals surface area contributed by atoms with E-state index in [2.05, 4.69) is 18.8 Å². The van der Waals surface area contributed by atoms with E-state index in [0.29, 0.717) is 17.4 Å². The molecule has 0 aliphatic heterocycles. The Kier molecular flexibility index (Phi) is 3.95. The zero-order valence-electron chi connectivity index (χ0n) is 11.6. The minimum atomic E-state index is 0.376. The first-order chi connectivity index (χ1) is 9.06. The molecule has 0 aliphatic carbocycles. The third-order valence-corrected chi connectivity index (χ3v) is 4.01. The molecule has 1 aromatic carbocycles. The Hall–Kier alpha value is -1.75. The number of hydrogen-bond donors (Lipinski definition) is 1. The van der Waals surface area contributed by atoms with Gasteiger partial charge in [0.25, 0.3) is 0 Å². The van der Waals surface area contributed by atoms with Crippen molar-refractivity contribution in [1.29, 1.82) is 0 Å². The number of benzene rings is 1. The number of nitrogen functional groups attached to an aromatic ring is 1. The quantitative estimate of drug-likeness (QED) is 0.929. The molecule has 2 N–H and O–H groups in total. The first-order valence-corrected chi connectivity index (χ1v) is 6.87. The van der Waals surface area contributed by atoms with Crippen molar-refractivity contribution >= 4 is 16.3 Å². The molecule has 0 amide bonds. The first-order valence-electron chi connectivity index (χ1n) is 6.05. The Balaban J connectivity index is 2.47. The third-order valence-electron chi connectivity index (χ3n) is 2.82. The molecule has 102 valence electrons. The lowest BCUT2D eigenvalue weighted by atomic mass is 10.1. The lowest BCUT2D eigenvalue weighted by Gasteiger charge is -2.08. The molecule has 0 radical (unpaired) electrons. The van der Waals surface area contributed by atoms with E-state index in [4.69, 9.17) is 15.2 Å². The SMILES string of the molecule is COc1ccc(-c2nc(C(C)C)sc2N)cc1OC. The molecule has 0 atom stereocenters. The summed E-state index contributed by atoms with van der Waals surface area (Å²) < 4.78 is 10.5. The minimum Gasteiger partial charge on any atom is -0.493 e. The Morgan fingerprint density at radius 1 is 1.16 bits per heavy atom. The van der Waals surface area contributed by atoms with Crippen molar-refractivity contribution in [2.45, 2.75) is 19.8 Å². The molecule has 1 heterocycles. The van der Waals surface area contributed by atoms with Crippen LogP contribution in [-0.4, -0.2) is 19.2 Å². The molecular weight excluding hydrogens is 260 g/mol. The van der Waals surface area contributed by atoms with Crippen LogP contribution in [-0.2, 0) is 0 Å². The molecule has 0 saturated carbocycles. The van der Waals surface area contributed by atoms with Gasteiger partial charge in [-0.05, 0) is 18.2 Å². The van der Waals surface area contributed by atoms with Gasteiger partial charge in [0, 0.05) is 11.5 Å². The van der Waals surface area contributed by atoms with Crippen LogP contribution in [0.5, 0.6) is 11.5 Å². The van der Waals surface area contributed by atoms with Crippen LogP contribution in [0.1, 0.15) is 24.8 Å². The molecule has 4 nitrogen and oxygen atoms in total. The summed E-state index contributed by atoms with van der Waals surface area (Å²) in [6.45, 7) is 4.22. The van der Waals surface area contributed by atoms with Crippen LogP contribution < -0.4 is 15.2 Å². The van der Waals surface area contributed by atoms with Gasteiger partial charge in [0.1, 0.15) is 10.7 Å². The van der Waals surface area contributed by atoms with Crippen molar-refractivity contribution in [3.05, 3.63) is 23.2 Å². The third kappa shape index (κ3) is 2.66. The lowest BCUT2D eigenvalue weighted by Crippen LogP contribution is -1.92. The van der Waals surface area contributed by atoms with Crippen molar-refractivity contribution in [2.75, 3.05) is 20.0 Å². The fraction of sp³-hybridized carbons (Fsp3) is 0.357. The van der Waals surface area contributed by atoms with Crippen LogP contribution in [0.3, 0.4) is 0 Å². The number of anilines is 1. The first kappa shape index (κ1) is 13.7. The zero-order chi connectivity index (χ0) is 14.0. The van der Waals surface area contributed by atoms with Crippen LogP contribution in [0.25, 0.3) is 11.3 Å². The summed E-state index contributed by atoms with van der Waals surface area (Å²) in [6, 6.07) is 5.70. The maximum absolute atomic E-state index is 6.06. The second-order valence-corrected chi connectivity index (χ2v) is 5.55. The summed E-state index contributed by atoms with van der Waals surface area (Å²) in [5.74, 6) is 1.75. The van der Waals surface area contributed by atoms with Crippen molar-refractivity contribution in [3.63, 3.8) is 0 Å². The molecule has 0 bridgehead atoms. The molecule has 19 heavy (non-hydrogen) atoms. The maximum Gasteiger partial charge on any atom is 0.161 e. The fourth-order valence-corrected chi connectivity index (χ4v) is 2.64. The molecule has 5 heteroatoms. The number of ether oxygens (including phenoxy) is 2. The number of rotatable bonds is 4. The second kappa shape index (κ2) is 5.48. The maximum atomic E-state index is 6.06. The van der Waals surface area contributed by atoms with E-state index in [-0.39, 0.29) is 0 Å². The highest BCUT2D eigenvalue weighted by Gasteiger charge is 2.14. The molecule has 2 rings (SSSR count). The van der Waals surface area contributed by atoms with Gasteiger partial charge in [-0.1, -0.05) is 13.8 Å². The van der Waals surface area contributed by atoms with E-state index >= 15 is 0 Å². The molecule has 2 aromatic rings. The van der Waals surface area contributed by atoms with Crippen molar-refractivity contribution in [3.8, 4) is 22.8 Å². The molecule has 0 unspecified atom stereocenters. The van der Waals surface area contributed by atoms with Crippen molar-refractivity contribution in [1.82, 2.24) is 4.98 Å². The van der Waals surface area contributed by atoms with Gasteiger partial charge < -0.3 is 15.2 Å². The van der Waals surface area contributed by atoms with Gasteiger partial charge in [0.15, 0.2) is 11.5 Å². The number of thiazole rings is 1. The van der Waals surface area contributed by atoms with Crippen LogP contribution in [0, 0.1) is 0 Å². The van der Waals surface area contributed by atoms with Crippen LogP contribution in [0.2, 0.25) is 0 Å². The summed E-state index contributed by atoms with van der Waals surface area (Å²) in [7, 11) is 3.23. The van der Waals surface area contributed by atoms with E-state index in [1.54, 1.807) is 14.2 Å². The van der Waals surface area contributed by atoms with Crippen molar-refractivity contribution < 1.29 is 9.47 Å². The molecule has 0 fully saturated rings. The summed E-state index contributed by atoms with van der Waals surface area (Å²) in [5, 5.41) is 1.78. The standard InChI is InChI=1S/C14H18N2O2S/c1-8(2)14-16-12(13(15)19-14)9-5-6-10(17-3)11(7-9)18-4/h5-8H,15H2,1-4H3. The average molecular weight is 278 g/mol. The number of nitrogens with two attached hydrogens (primary N) is 1. The number of methoxy groups -OCH3 is 2. The topological polar surface area (TPSA) is 57.4 Å². The highest BCUT2D eigenvalue weighted by molar-refractivity contribution is 7.16. The summed E-state index contributed by atoms with van der Waals surface area (Å²) in [6.07, 6.45) is 0. The smallest absolute Gasteiger partial charge is 0.161 e. The Bertz CT molecular complexity index is 579. The van der Waals surface area contributed by atoms with Crippen molar-refractivity contribution in [2.24, 2.45) is 0 Å². The second-order valence-electron chi connectivity index (χ2n) is 4.49. The lowest BCUT2D eigenvalue weighted by molar-refractivity contribution is 0.355. The monoisotopic (exact) mass is 278 g/mol. The van der Waals surface area contributed by atoms with Crippen LogP contribution >= 0.6 is 11.3 Å². The molecule has 0 saturated heterocycles. The molecule has 1 aromatic heterocycles. The van der Waals surface area contributed by atoms with E-state index in [0.717, 1.165) is 21.3 Å². The van der Waals surface area contributed by atoms with Gasteiger partial charge in [-0.2, -0.15) is 0 Å². The number of hydrogen-bond acceptors (Lipinski definition) is 5. The van der Waals surface area contributed by atoms with E-state index in [9.17, 15) is 0 Å². The van der Waals surface area contributed by atoms with Gasteiger partial charge in [-0.3, -0.25) is 0 Å². The largest absolute Gasteiger partial charge is 0.493 e. The van der Waals surface area contributed by atoms with E-state index < -0.39 is 0 Å². The van der Waals surface area contributed by atoms with Gasteiger partial charge >= 0.3 is 0 Å². The van der Waals surface area contributed by atoms with E-state index in [1.807, 2.05) is 18.2 Å². The minimum absolute atomic E-state index is 0.376. The summed E-state index contributed by atoms with van der Waals surface area (Å²) in [5.41, 5.74) is 7.81. The number of aromatic nitrogens is 1. The van der Waals surface area contributed by atoms with Gasteiger partial charge in [-0.25, -0.2) is 4.98 Å². The molecule has 0 aliphatic rings. The predicted molar refractivity (Wildman–Crippen MR) is 79.2 cm³/mol. The predicted octanol–water partition coefficient (Wildman–Crippen LogP) is 3.53. The van der Waals surface area contributed by atoms with Gasteiger partial charge in [0.2, 0.25) is 0 Å². The summed E-state index contributed by atoms with van der Waals surface area (Å²) in [4.78, 5) is 4.61. The van der Waals surface area contributed by atoms with Crippen LogP contribution in [0.15, 0.2) is 18.2 Å².